The summed E-state index contributed by atoms with van der Waals surface area (Å²) in [6.07, 6.45) is 9.51. The van der Waals surface area contributed by atoms with Crippen molar-refractivity contribution in [3.8, 4) is 0 Å². The molecule has 0 bridgehead atoms. The van der Waals surface area contributed by atoms with E-state index in [2.05, 4.69) is 9.97 Å². The Balaban J connectivity index is 0.000000249. The van der Waals surface area contributed by atoms with Gasteiger partial charge < -0.3 is 10.1 Å². The molecule has 0 spiro atoms. The van der Waals surface area contributed by atoms with E-state index in [9.17, 15) is 4.79 Å². The van der Waals surface area contributed by atoms with E-state index in [0.717, 1.165) is 11.9 Å². The lowest BCUT2D eigenvalue weighted by atomic mass is 10.4. The van der Waals surface area contributed by atoms with Gasteiger partial charge in [0.05, 0.1) is 0 Å². The second-order valence-corrected chi connectivity index (χ2v) is 2.40. The van der Waals surface area contributed by atoms with Crippen molar-refractivity contribution in [1.29, 1.82) is 0 Å². The Kier molecular flexibility index (Phi) is 6.77. The second-order valence-electron chi connectivity index (χ2n) is 2.40. The molecule has 0 fully saturated rings. The van der Waals surface area contributed by atoms with Gasteiger partial charge in [0.25, 0.3) is 0 Å². The first-order chi connectivity index (χ1) is 6.66. The molecule has 1 aromatic heterocycles. The van der Waals surface area contributed by atoms with Crippen LogP contribution in [0.3, 0.4) is 0 Å². The first-order valence-corrected chi connectivity index (χ1v) is 4.15. The molecule has 0 amide bonds. The number of aryl methyl sites for hydroxylation is 1. The summed E-state index contributed by atoms with van der Waals surface area (Å²) in [5, 5.41) is 8.02. The zero-order valence-electron chi connectivity index (χ0n) is 8.27. The number of imidazole rings is 1. The summed E-state index contributed by atoms with van der Waals surface area (Å²) < 4.78 is 0. The maximum Gasteiger partial charge on any atom is 0.328 e. The third-order valence-corrected chi connectivity index (χ3v) is 1.18. The van der Waals surface area contributed by atoms with E-state index in [4.69, 9.17) is 5.11 Å². The number of aromatic amines is 1. The van der Waals surface area contributed by atoms with Gasteiger partial charge in [0, 0.05) is 18.5 Å². The molecule has 0 aliphatic carbocycles. The molecule has 0 saturated carbocycles. The smallest absolute Gasteiger partial charge is 0.328 e. The highest BCUT2D eigenvalue weighted by Gasteiger charge is 1.78. The first-order valence-electron chi connectivity index (χ1n) is 4.15. The average molecular weight is 194 g/mol. The van der Waals surface area contributed by atoms with Crippen LogP contribution in [0.4, 0.5) is 0 Å². The van der Waals surface area contributed by atoms with Gasteiger partial charge in [0.2, 0.25) is 0 Å². The normalized spacial score (nSPS) is 10.1. The van der Waals surface area contributed by atoms with E-state index >= 15 is 0 Å². The summed E-state index contributed by atoms with van der Waals surface area (Å²) in [5.41, 5.74) is 0. The summed E-state index contributed by atoms with van der Waals surface area (Å²) in [6.45, 7) is 3.74. The SMILES string of the molecule is CC=CC=CC(=O)O.Cc1ncc[nH]1. The number of nitrogens with zero attached hydrogens (tertiary/aromatic N) is 1. The van der Waals surface area contributed by atoms with Crippen LogP contribution in [0.2, 0.25) is 0 Å². The summed E-state index contributed by atoms with van der Waals surface area (Å²) in [7, 11) is 0. The minimum Gasteiger partial charge on any atom is -0.478 e. The number of nitrogens with one attached hydrogen (secondary N) is 1. The minimum atomic E-state index is -0.914. The number of allylic oxidation sites excluding steroid dienone is 3. The first kappa shape index (κ1) is 12.2. The standard InChI is InChI=1S/C6H8O2.C4H6N2/c1-2-3-4-5-6(7)8;1-4-5-2-3-6-4/h2-5H,1H3,(H,7,8);2-3H,1H3,(H,5,6). The molecule has 0 radical (unpaired) electrons. The topological polar surface area (TPSA) is 66.0 Å². The van der Waals surface area contributed by atoms with Crippen LogP contribution in [0.15, 0.2) is 36.7 Å². The quantitative estimate of drug-likeness (QED) is 0.558. The number of hydrogen-bond acceptors (Lipinski definition) is 2. The number of carbonyl (C=O) groups is 1. The highest BCUT2D eigenvalue weighted by Crippen LogP contribution is 1.78. The molecule has 4 nitrogen and oxygen atoms in total. The molecule has 0 saturated heterocycles. The van der Waals surface area contributed by atoms with E-state index < -0.39 is 5.97 Å². The number of H-pyrrole nitrogens is 1. The number of carboxylic acids is 1. The molecule has 0 unspecified atom stereocenters. The van der Waals surface area contributed by atoms with Crippen LogP contribution in [-0.4, -0.2) is 21.0 Å². The van der Waals surface area contributed by atoms with E-state index in [0.29, 0.717) is 0 Å². The van der Waals surface area contributed by atoms with Gasteiger partial charge in [-0.1, -0.05) is 18.2 Å². The molecule has 1 rings (SSSR count). The number of carboxylic acid groups (broad SMARTS) is 1. The molecule has 76 valence electrons. The van der Waals surface area contributed by atoms with E-state index in [-0.39, 0.29) is 0 Å². The Morgan fingerprint density at radius 3 is 2.57 bits per heavy atom. The summed E-state index contributed by atoms with van der Waals surface area (Å²) in [5.74, 6) is 0.0538. The van der Waals surface area contributed by atoms with Crippen molar-refractivity contribution >= 4 is 5.97 Å². The summed E-state index contributed by atoms with van der Waals surface area (Å²) >= 11 is 0. The average Bonchev–Trinajstić information content (AvgIpc) is 2.57. The van der Waals surface area contributed by atoms with Crippen LogP contribution in [0.1, 0.15) is 12.7 Å². The van der Waals surface area contributed by atoms with Gasteiger partial charge in [-0.2, -0.15) is 0 Å². The monoisotopic (exact) mass is 194 g/mol. The molecular formula is C10H14N2O2. The molecule has 0 aromatic carbocycles. The van der Waals surface area contributed by atoms with Crippen molar-refractivity contribution < 1.29 is 9.90 Å². The van der Waals surface area contributed by atoms with Crippen LogP contribution in [-0.2, 0) is 4.79 Å². The maximum absolute atomic E-state index is 9.75. The minimum absolute atomic E-state index is 0.914. The molecule has 0 aliphatic heterocycles. The highest BCUT2D eigenvalue weighted by atomic mass is 16.4. The third-order valence-electron chi connectivity index (χ3n) is 1.18. The molecule has 14 heavy (non-hydrogen) atoms. The molecular weight excluding hydrogens is 180 g/mol. The van der Waals surface area contributed by atoms with Crippen LogP contribution in [0.25, 0.3) is 0 Å². The lowest BCUT2D eigenvalue weighted by Crippen LogP contribution is -1.83. The van der Waals surface area contributed by atoms with Gasteiger partial charge in [-0.3, -0.25) is 0 Å². The van der Waals surface area contributed by atoms with Gasteiger partial charge in [0.15, 0.2) is 0 Å². The maximum atomic E-state index is 9.75. The van der Waals surface area contributed by atoms with Gasteiger partial charge in [-0.15, -0.1) is 0 Å². The number of rotatable bonds is 2. The Labute approximate surface area is 83.0 Å². The van der Waals surface area contributed by atoms with Gasteiger partial charge in [-0.05, 0) is 13.8 Å². The zero-order valence-corrected chi connectivity index (χ0v) is 8.27. The number of aliphatic carboxylic acids is 1. The van der Waals surface area contributed by atoms with Crippen molar-refractivity contribution in [3.05, 3.63) is 42.5 Å². The van der Waals surface area contributed by atoms with Crippen molar-refractivity contribution in [1.82, 2.24) is 9.97 Å². The van der Waals surface area contributed by atoms with Crippen LogP contribution >= 0.6 is 0 Å². The molecule has 0 aliphatic rings. The fourth-order valence-electron chi connectivity index (χ4n) is 0.593. The number of hydrogen-bond donors (Lipinski definition) is 2. The Hall–Kier alpha value is -1.84. The van der Waals surface area contributed by atoms with Gasteiger partial charge in [-0.25, -0.2) is 9.78 Å². The van der Waals surface area contributed by atoms with Crippen molar-refractivity contribution in [2.45, 2.75) is 13.8 Å². The molecule has 0 atom stereocenters. The predicted octanol–water partition coefficient (Wildman–Crippen LogP) is 1.92. The predicted molar refractivity (Wildman–Crippen MR) is 54.9 cm³/mol. The van der Waals surface area contributed by atoms with E-state index in [1.54, 1.807) is 24.5 Å². The Morgan fingerprint density at radius 1 is 1.57 bits per heavy atom. The highest BCUT2D eigenvalue weighted by molar-refractivity contribution is 5.80. The van der Waals surface area contributed by atoms with Crippen LogP contribution in [0, 0.1) is 6.92 Å². The van der Waals surface area contributed by atoms with Crippen molar-refractivity contribution in [2.24, 2.45) is 0 Å². The van der Waals surface area contributed by atoms with Crippen LogP contribution in [0.5, 0.6) is 0 Å². The second kappa shape index (κ2) is 7.79. The molecule has 1 heterocycles. The van der Waals surface area contributed by atoms with Gasteiger partial charge >= 0.3 is 5.97 Å². The lowest BCUT2D eigenvalue weighted by molar-refractivity contribution is -0.131. The Morgan fingerprint density at radius 2 is 2.29 bits per heavy atom. The number of aromatic nitrogens is 2. The fourth-order valence-corrected chi connectivity index (χ4v) is 0.593. The van der Waals surface area contributed by atoms with Crippen molar-refractivity contribution in [2.75, 3.05) is 0 Å². The van der Waals surface area contributed by atoms with Gasteiger partial charge in [0.1, 0.15) is 5.82 Å². The zero-order chi connectivity index (χ0) is 10.8. The molecule has 1 aromatic rings. The Bertz CT molecular complexity index is 300. The summed E-state index contributed by atoms with van der Waals surface area (Å²) in [4.78, 5) is 16.5. The largest absolute Gasteiger partial charge is 0.478 e. The molecule has 4 heteroatoms. The summed E-state index contributed by atoms with van der Waals surface area (Å²) in [6, 6.07) is 0. The van der Waals surface area contributed by atoms with Crippen molar-refractivity contribution in [3.63, 3.8) is 0 Å². The lowest BCUT2D eigenvalue weighted by Gasteiger charge is -1.72. The fraction of sp³-hybridized carbons (Fsp3) is 0.200. The van der Waals surface area contributed by atoms with E-state index in [1.165, 1.54) is 6.08 Å². The van der Waals surface area contributed by atoms with Crippen LogP contribution < -0.4 is 0 Å². The third kappa shape index (κ3) is 8.26. The van der Waals surface area contributed by atoms with E-state index in [1.807, 2.05) is 13.8 Å². The molecule has 2 N–H and O–H groups in total.